The van der Waals surface area contributed by atoms with Crippen molar-refractivity contribution in [3.8, 4) is 0 Å². The molecule has 0 aliphatic carbocycles. The minimum Gasteiger partial charge on any atom is -0.359 e. The third-order valence-electron chi connectivity index (χ3n) is 3.71. The van der Waals surface area contributed by atoms with Crippen LogP contribution in [0.2, 0.25) is 0 Å². The van der Waals surface area contributed by atoms with Gasteiger partial charge < -0.3 is 20.3 Å². The highest BCUT2D eigenvalue weighted by Gasteiger charge is 2.09. The van der Waals surface area contributed by atoms with Gasteiger partial charge in [0.25, 0.3) is 0 Å². The molecule has 0 aliphatic rings. The predicted octanol–water partition coefficient (Wildman–Crippen LogP) is 1.96. The number of carbonyl (C=O) groups is 2. The second-order valence-corrected chi connectivity index (χ2v) is 5.39. The molecule has 0 saturated carbocycles. The molecule has 1 aromatic carbocycles. The van der Waals surface area contributed by atoms with E-state index in [-0.39, 0.29) is 6.04 Å². The fourth-order valence-corrected chi connectivity index (χ4v) is 2.34. The highest BCUT2D eigenvalue weighted by Crippen LogP contribution is 2.19. The van der Waals surface area contributed by atoms with Gasteiger partial charge in [-0.3, -0.25) is 4.79 Å². The van der Waals surface area contributed by atoms with Gasteiger partial charge in [-0.15, -0.1) is 0 Å². The summed E-state index contributed by atoms with van der Waals surface area (Å²) in [5, 5.41) is 6.52. The van der Waals surface area contributed by atoms with Crippen molar-refractivity contribution in [1.29, 1.82) is 0 Å². The quantitative estimate of drug-likeness (QED) is 0.483. The smallest absolute Gasteiger partial charge is 0.150 e. The Morgan fingerprint density at radius 3 is 2.68 bits per heavy atom. The molecule has 0 fully saturated rings. The molecule has 0 spiro atoms. The molecule has 0 bridgehead atoms. The van der Waals surface area contributed by atoms with Crippen LogP contribution >= 0.6 is 0 Å². The molecule has 5 heteroatoms. The lowest BCUT2D eigenvalue weighted by Crippen LogP contribution is -2.32. The average molecular weight is 305 g/mol. The molecule has 22 heavy (non-hydrogen) atoms. The van der Waals surface area contributed by atoms with Gasteiger partial charge in [-0.2, -0.15) is 0 Å². The molecule has 0 heterocycles. The number of carbonyl (C=O) groups excluding carboxylic acids is 2. The van der Waals surface area contributed by atoms with Crippen molar-refractivity contribution in [2.24, 2.45) is 0 Å². The number of hydrogen-bond donors (Lipinski definition) is 2. The molecule has 1 atom stereocenters. The van der Waals surface area contributed by atoms with Gasteiger partial charge in [0.1, 0.15) is 12.6 Å². The van der Waals surface area contributed by atoms with Crippen LogP contribution < -0.4 is 15.5 Å². The van der Waals surface area contributed by atoms with Crippen molar-refractivity contribution in [3.63, 3.8) is 0 Å². The summed E-state index contributed by atoms with van der Waals surface area (Å²) in [7, 11) is 1.92. The molecular weight excluding hydrogens is 278 g/mol. The van der Waals surface area contributed by atoms with E-state index in [0.717, 1.165) is 43.5 Å². The summed E-state index contributed by atoms with van der Waals surface area (Å²) in [6.07, 6.45) is 3.19. The Bertz CT molecular complexity index is 477. The van der Waals surface area contributed by atoms with Crippen LogP contribution in [-0.2, 0) is 11.3 Å². The maximum absolute atomic E-state index is 11.2. The highest BCUT2D eigenvalue weighted by atomic mass is 16.1. The first-order valence-corrected chi connectivity index (χ1v) is 7.80. The maximum atomic E-state index is 11.2. The zero-order chi connectivity index (χ0) is 16.4. The second-order valence-electron chi connectivity index (χ2n) is 5.39. The maximum Gasteiger partial charge on any atom is 0.150 e. The Morgan fingerprint density at radius 1 is 1.32 bits per heavy atom. The van der Waals surface area contributed by atoms with Crippen molar-refractivity contribution < 1.29 is 9.59 Å². The molecule has 122 valence electrons. The zero-order valence-corrected chi connectivity index (χ0v) is 13.8. The molecule has 0 aliphatic heterocycles. The fraction of sp³-hybridized carbons (Fsp3) is 0.529. The Balaban J connectivity index is 2.82. The molecule has 5 nitrogen and oxygen atoms in total. The van der Waals surface area contributed by atoms with Crippen LogP contribution in [0.15, 0.2) is 18.2 Å². The number of rotatable bonds is 11. The van der Waals surface area contributed by atoms with E-state index >= 15 is 0 Å². The van der Waals surface area contributed by atoms with Crippen molar-refractivity contribution in [1.82, 2.24) is 10.6 Å². The van der Waals surface area contributed by atoms with Crippen LogP contribution in [-0.4, -0.2) is 38.9 Å². The lowest BCUT2D eigenvalue weighted by atomic mass is 10.1. The number of nitrogens with zero attached hydrogens (tertiary/aromatic N) is 1. The molecule has 1 aromatic rings. The summed E-state index contributed by atoms with van der Waals surface area (Å²) in [6, 6.07) is 6.15. The van der Waals surface area contributed by atoms with E-state index < -0.39 is 0 Å². The van der Waals surface area contributed by atoms with Crippen LogP contribution in [0, 0.1) is 0 Å². The number of hydrogen-bond acceptors (Lipinski definition) is 5. The standard InChI is InChI=1S/C17H27N3O2/c1-4-20(13-18-3)17-8-7-15(12-22)16(10-17)11-19-14(2)6-5-9-21/h7-10,12,14,18-19H,4-6,11,13H2,1-3H3. The van der Waals surface area contributed by atoms with Crippen LogP contribution in [0.5, 0.6) is 0 Å². The highest BCUT2D eigenvalue weighted by molar-refractivity contribution is 5.78. The predicted molar refractivity (Wildman–Crippen MR) is 90.4 cm³/mol. The van der Waals surface area contributed by atoms with Gasteiger partial charge in [0, 0.05) is 36.8 Å². The monoisotopic (exact) mass is 305 g/mol. The van der Waals surface area contributed by atoms with E-state index in [0.29, 0.717) is 18.5 Å². The molecule has 1 unspecified atom stereocenters. The lowest BCUT2D eigenvalue weighted by Gasteiger charge is -2.24. The summed E-state index contributed by atoms with van der Waals surface area (Å²) in [6.45, 7) is 6.43. The van der Waals surface area contributed by atoms with E-state index in [1.165, 1.54) is 0 Å². The van der Waals surface area contributed by atoms with Gasteiger partial charge in [-0.05, 0) is 51.1 Å². The van der Waals surface area contributed by atoms with Crippen LogP contribution in [0.3, 0.4) is 0 Å². The van der Waals surface area contributed by atoms with E-state index in [9.17, 15) is 9.59 Å². The minimum atomic E-state index is 0.243. The van der Waals surface area contributed by atoms with Gasteiger partial charge >= 0.3 is 0 Å². The molecular formula is C17H27N3O2. The summed E-state index contributed by atoms with van der Waals surface area (Å²) >= 11 is 0. The normalized spacial score (nSPS) is 12.0. The second kappa shape index (κ2) is 10.1. The van der Waals surface area contributed by atoms with Crippen LogP contribution in [0.1, 0.15) is 42.6 Å². The molecule has 0 aromatic heterocycles. The molecule has 1 rings (SSSR count). The SMILES string of the molecule is CCN(CNC)c1ccc(C=O)c(CNC(C)CCC=O)c1. The molecule has 2 N–H and O–H groups in total. The largest absolute Gasteiger partial charge is 0.359 e. The fourth-order valence-electron chi connectivity index (χ4n) is 2.34. The van der Waals surface area contributed by atoms with E-state index in [1.807, 2.05) is 26.1 Å². The number of aldehydes is 2. The summed E-state index contributed by atoms with van der Waals surface area (Å²) in [5.41, 5.74) is 2.79. The Kier molecular flexibility index (Phi) is 8.40. The van der Waals surface area contributed by atoms with Crippen molar-refractivity contribution in [2.45, 2.75) is 39.3 Å². The van der Waals surface area contributed by atoms with Gasteiger partial charge in [0.05, 0.1) is 6.67 Å². The van der Waals surface area contributed by atoms with Crippen LogP contribution in [0.25, 0.3) is 0 Å². The Morgan fingerprint density at radius 2 is 2.09 bits per heavy atom. The van der Waals surface area contributed by atoms with Gasteiger partial charge in [0.15, 0.2) is 0 Å². The van der Waals surface area contributed by atoms with Crippen LogP contribution in [0.4, 0.5) is 5.69 Å². The van der Waals surface area contributed by atoms with Gasteiger partial charge in [0.2, 0.25) is 0 Å². The van der Waals surface area contributed by atoms with Crippen molar-refractivity contribution >= 4 is 18.3 Å². The van der Waals surface area contributed by atoms with E-state index in [1.54, 1.807) is 0 Å². The van der Waals surface area contributed by atoms with Crippen molar-refractivity contribution in [2.75, 3.05) is 25.2 Å². The minimum absolute atomic E-state index is 0.243. The third kappa shape index (κ3) is 5.58. The van der Waals surface area contributed by atoms with Gasteiger partial charge in [-0.25, -0.2) is 0 Å². The lowest BCUT2D eigenvalue weighted by molar-refractivity contribution is -0.108. The number of nitrogens with one attached hydrogen (secondary N) is 2. The summed E-state index contributed by atoms with van der Waals surface area (Å²) < 4.78 is 0. The molecule has 0 amide bonds. The molecule has 0 saturated heterocycles. The Hall–Kier alpha value is -1.72. The third-order valence-corrected chi connectivity index (χ3v) is 3.71. The average Bonchev–Trinajstić information content (AvgIpc) is 2.55. The number of benzene rings is 1. The Labute approximate surface area is 133 Å². The summed E-state index contributed by atoms with van der Waals surface area (Å²) in [5.74, 6) is 0. The van der Waals surface area contributed by atoms with Crippen molar-refractivity contribution in [3.05, 3.63) is 29.3 Å². The first-order valence-electron chi connectivity index (χ1n) is 7.80. The zero-order valence-electron chi connectivity index (χ0n) is 13.8. The first kappa shape index (κ1) is 18.3. The van der Waals surface area contributed by atoms with E-state index in [4.69, 9.17) is 0 Å². The topological polar surface area (TPSA) is 61.4 Å². The molecule has 0 radical (unpaired) electrons. The van der Waals surface area contributed by atoms with Gasteiger partial charge in [-0.1, -0.05) is 0 Å². The number of anilines is 1. The van der Waals surface area contributed by atoms with E-state index in [2.05, 4.69) is 28.5 Å². The summed E-state index contributed by atoms with van der Waals surface area (Å²) in [4.78, 5) is 23.8. The first-order chi connectivity index (χ1) is 10.7.